The standard InChI is InChI=1S/C18H17NO3S.C18H19NO2S/c1-11-8-14-9-12(2)19-10-16(14)17(11)18(20)13-4-6-15(7-5-13)23(3,21)22;1-12-8-15-9-13(2)19-11-18(15)17(12)10-14-4-6-16(7-5-14)22(3,20)21/h4-7,9-10H,8H2,1-3H3;4-7,9,11H,8,10H2,1-3H3. The largest absolute Gasteiger partial charge is 0.289 e. The Morgan fingerprint density at radius 1 is 0.667 bits per heavy atom. The molecule has 0 spiro atoms. The van der Waals surface area contributed by atoms with Crippen molar-refractivity contribution in [3.63, 3.8) is 0 Å². The van der Waals surface area contributed by atoms with Crippen LogP contribution in [0.25, 0.3) is 11.1 Å². The van der Waals surface area contributed by atoms with Gasteiger partial charge in [0.2, 0.25) is 0 Å². The highest BCUT2D eigenvalue weighted by molar-refractivity contribution is 7.91. The molecule has 2 aromatic heterocycles. The first-order valence-electron chi connectivity index (χ1n) is 14.6. The van der Waals surface area contributed by atoms with Gasteiger partial charge in [0.15, 0.2) is 25.5 Å². The highest BCUT2D eigenvalue weighted by Crippen LogP contribution is 2.36. The topological polar surface area (TPSA) is 111 Å². The van der Waals surface area contributed by atoms with E-state index in [-0.39, 0.29) is 10.7 Å². The first-order chi connectivity index (χ1) is 21.1. The summed E-state index contributed by atoms with van der Waals surface area (Å²) in [6.45, 7) is 8.06. The van der Waals surface area contributed by atoms with Crippen LogP contribution in [0.5, 0.6) is 0 Å². The molecule has 0 fully saturated rings. The highest BCUT2D eigenvalue weighted by Gasteiger charge is 2.26. The van der Waals surface area contributed by atoms with E-state index >= 15 is 0 Å². The molecular formula is C36H36N2O5S2. The number of benzene rings is 2. The van der Waals surface area contributed by atoms with E-state index in [9.17, 15) is 21.6 Å². The fourth-order valence-corrected chi connectivity index (χ4v) is 7.13. The Labute approximate surface area is 265 Å². The van der Waals surface area contributed by atoms with Gasteiger partial charge in [-0.1, -0.05) is 23.3 Å². The number of fused-ring (bicyclic) bond motifs is 2. The normalized spacial score (nSPS) is 14.2. The molecule has 0 atom stereocenters. The summed E-state index contributed by atoms with van der Waals surface area (Å²) in [5.41, 5.74) is 12.5. The maximum absolute atomic E-state index is 12.8. The Morgan fingerprint density at radius 3 is 1.67 bits per heavy atom. The second kappa shape index (κ2) is 12.3. The maximum Gasteiger partial charge on any atom is 0.193 e. The molecule has 2 aliphatic carbocycles. The van der Waals surface area contributed by atoms with E-state index in [4.69, 9.17) is 0 Å². The number of pyridine rings is 2. The number of ketones is 1. The number of hydrogen-bond donors (Lipinski definition) is 0. The first-order valence-corrected chi connectivity index (χ1v) is 18.3. The molecule has 0 N–H and O–H groups in total. The smallest absolute Gasteiger partial charge is 0.193 e. The molecule has 2 aromatic carbocycles. The lowest BCUT2D eigenvalue weighted by Gasteiger charge is -2.08. The molecule has 0 amide bonds. The fourth-order valence-electron chi connectivity index (χ4n) is 5.87. The molecule has 232 valence electrons. The number of nitrogens with zero attached hydrogens (tertiary/aromatic N) is 2. The van der Waals surface area contributed by atoms with E-state index < -0.39 is 19.7 Å². The van der Waals surface area contributed by atoms with Crippen LogP contribution in [0.15, 0.2) is 94.0 Å². The zero-order chi connectivity index (χ0) is 32.7. The molecule has 0 saturated heterocycles. The molecule has 7 nitrogen and oxygen atoms in total. The molecule has 0 saturated carbocycles. The van der Waals surface area contributed by atoms with Gasteiger partial charge in [0.05, 0.1) is 9.79 Å². The number of carbonyl (C=O) groups is 1. The fraction of sp³-hybridized carbons (Fsp3) is 0.250. The minimum Gasteiger partial charge on any atom is -0.289 e. The van der Waals surface area contributed by atoms with E-state index in [0.29, 0.717) is 16.0 Å². The van der Waals surface area contributed by atoms with Gasteiger partial charge in [-0.2, -0.15) is 0 Å². The third kappa shape index (κ3) is 7.05. The number of rotatable bonds is 6. The van der Waals surface area contributed by atoms with Crippen molar-refractivity contribution in [3.8, 4) is 0 Å². The third-order valence-electron chi connectivity index (χ3n) is 8.20. The molecule has 4 aromatic rings. The molecule has 0 bridgehead atoms. The number of Topliss-reactive ketones (excluding diaryl/α,β-unsaturated/α-hetero) is 1. The Hall–Kier alpha value is -4.21. The molecular weight excluding hydrogens is 605 g/mol. The van der Waals surface area contributed by atoms with Crippen LogP contribution >= 0.6 is 0 Å². The summed E-state index contributed by atoms with van der Waals surface area (Å²) in [5, 5.41) is 0. The van der Waals surface area contributed by atoms with Crippen LogP contribution in [0.4, 0.5) is 0 Å². The molecule has 45 heavy (non-hydrogen) atoms. The molecule has 2 aliphatic rings. The number of carbonyl (C=O) groups excluding carboxylic acids is 1. The summed E-state index contributed by atoms with van der Waals surface area (Å²) in [7, 11) is -6.39. The van der Waals surface area contributed by atoms with Crippen molar-refractivity contribution in [1.29, 1.82) is 0 Å². The van der Waals surface area contributed by atoms with Crippen LogP contribution in [-0.4, -0.2) is 45.1 Å². The van der Waals surface area contributed by atoms with Crippen LogP contribution in [0.1, 0.15) is 63.4 Å². The first kappa shape index (κ1) is 32.2. The second-order valence-corrected chi connectivity index (χ2v) is 16.0. The van der Waals surface area contributed by atoms with Crippen molar-refractivity contribution in [2.45, 2.75) is 56.7 Å². The zero-order valence-corrected chi connectivity index (χ0v) is 27.9. The van der Waals surface area contributed by atoms with Crippen molar-refractivity contribution < 1.29 is 21.6 Å². The van der Waals surface area contributed by atoms with Crippen LogP contribution in [-0.2, 0) is 38.9 Å². The molecule has 6 rings (SSSR count). The Morgan fingerprint density at radius 2 is 1.13 bits per heavy atom. The van der Waals surface area contributed by atoms with Gasteiger partial charge in [0.25, 0.3) is 0 Å². The summed E-state index contributed by atoms with van der Waals surface area (Å²) in [5.74, 6) is -0.0908. The summed E-state index contributed by atoms with van der Waals surface area (Å²) in [6.07, 6.45) is 8.64. The van der Waals surface area contributed by atoms with E-state index in [1.165, 1.54) is 40.7 Å². The van der Waals surface area contributed by atoms with Crippen LogP contribution < -0.4 is 0 Å². The van der Waals surface area contributed by atoms with Gasteiger partial charge < -0.3 is 0 Å². The molecule has 9 heteroatoms. The zero-order valence-electron chi connectivity index (χ0n) is 26.3. The molecule has 2 heterocycles. The second-order valence-electron chi connectivity index (χ2n) is 12.0. The number of aromatic nitrogens is 2. The van der Waals surface area contributed by atoms with Crippen molar-refractivity contribution in [2.75, 3.05) is 12.5 Å². The quantitative estimate of drug-likeness (QED) is 0.225. The Bertz CT molecular complexity index is 2110. The summed E-state index contributed by atoms with van der Waals surface area (Å²) in [4.78, 5) is 22.1. The lowest BCUT2D eigenvalue weighted by atomic mass is 9.97. The van der Waals surface area contributed by atoms with Gasteiger partial charge >= 0.3 is 0 Å². The average Bonchev–Trinajstić information content (AvgIpc) is 3.46. The third-order valence-corrected chi connectivity index (χ3v) is 10.5. The average molecular weight is 641 g/mol. The summed E-state index contributed by atoms with van der Waals surface area (Å²) < 4.78 is 46.1. The maximum atomic E-state index is 12.8. The van der Waals surface area contributed by atoms with Crippen LogP contribution in [0.3, 0.4) is 0 Å². The predicted octanol–water partition coefficient (Wildman–Crippen LogP) is 6.37. The van der Waals surface area contributed by atoms with E-state index in [0.717, 1.165) is 59.2 Å². The van der Waals surface area contributed by atoms with Crippen LogP contribution in [0.2, 0.25) is 0 Å². The summed E-state index contributed by atoms with van der Waals surface area (Å²) in [6, 6.07) is 17.4. The molecule has 0 aliphatic heterocycles. The van der Waals surface area contributed by atoms with E-state index in [2.05, 4.69) is 23.0 Å². The predicted molar refractivity (Wildman–Crippen MR) is 178 cm³/mol. The molecule has 0 radical (unpaired) electrons. The van der Waals surface area contributed by atoms with Gasteiger partial charge in [-0.15, -0.1) is 0 Å². The van der Waals surface area contributed by atoms with Crippen molar-refractivity contribution >= 4 is 36.6 Å². The number of sulfone groups is 2. The lowest BCUT2D eigenvalue weighted by Crippen LogP contribution is -2.04. The lowest BCUT2D eigenvalue weighted by molar-refractivity contribution is 0.105. The number of allylic oxidation sites excluding steroid dienone is 4. The Kier molecular flexibility index (Phi) is 8.79. The molecule has 0 unspecified atom stereocenters. The van der Waals surface area contributed by atoms with Crippen molar-refractivity contribution in [2.24, 2.45) is 0 Å². The monoisotopic (exact) mass is 640 g/mol. The van der Waals surface area contributed by atoms with Gasteiger partial charge in [-0.25, -0.2) is 16.8 Å². The van der Waals surface area contributed by atoms with Gasteiger partial charge in [0.1, 0.15) is 0 Å². The highest BCUT2D eigenvalue weighted by atomic mass is 32.2. The van der Waals surface area contributed by atoms with E-state index in [1.807, 2.05) is 45.2 Å². The van der Waals surface area contributed by atoms with Crippen LogP contribution in [0, 0.1) is 13.8 Å². The Balaban J connectivity index is 0.000000178. The van der Waals surface area contributed by atoms with Gasteiger partial charge in [-0.3, -0.25) is 14.8 Å². The van der Waals surface area contributed by atoms with Crippen molar-refractivity contribution in [1.82, 2.24) is 9.97 Å². The minimum atomic E-state index is -3.26. The van der Waals surface area contributed by atoms with Gasteiger partial charge in [-0.05, 0) is 123 Å². The van der Waals surface area contributed by atoms with E-state index in [1.54, 1.807) is 30.5 Å². The number of hydrogen-bond acceptors (Lipinski definition) is 7. The number of aryl methyl sites for hydroxylation is 2. The van der Waals surface area contributed by atoms with Crippen molar-refractivity contribution in [3.05, 3.63) is 129 Å². The SMILES string of the molecule is CC1=C(C(=O)c2ccc(S(C)(=O)=O)cc2)c2cnc(C)cc2C1.CC1=C(Cc2ccc(S(C)(=O)=O)cc2)c2cnc(C)cc2C1. The van der Waals surface area contributed by atoms with Gasteiger partial charge in [0, 0.05) is 53.0 Å². The minimum absolute atomic E-state index is 0.0908. The summed E-state index contributed by atoms with van der Waals surface area (Å²) >= 11 is 0.